The van der Waals surface area contributed by atoms with E-state index >= 15 is 0 Å². The van der Waals surface area contributed by atoms with Crippen LogP contribution in [0.1, 0.15) is 21.7 Å². The minimum Gasteiger partial charge on any atom is -0.296 e. The Hall–Kier alpha value is -1.42. The molecule has 2 rings (SSSR count). The number of benzene rings is 1. The third kappa shape index (κ3) is 1.80. The van der Waals surface area contributed by atoms with Crippen molar-refractivity contribution in [1.82, 2.24) is 9.78 Å². The van der Waals surface area contributed by atoms with Gasteiger partial charge in [0.1, 0.15) is 5.69 Å². The van der Waals surface area contributed by atoms with E-state index in [0.717, 1.165) is 27.7 Å². The topological polar surface area (TPSA) is 34.9 Å². The van der Waals surface area contributed by atoms with E-state index in [0.29, 0.717) is 5.69 Å². The summed E-state index contributed by atoms with van der Waals surface area (Å²) in [5, 5.41) is 4.22. The Morgan fingerprint density at radius 1 is 1.38 bits per heavy atom. The number of halogens is 1. The van der Waals surface area contributed by atoms with Gasteiger partial charge in [-0.05, 0) is 47.5 Å². The number of aromatic nitrogens is 2. The quantitative estimate of drug-likeness (QED) is 0.792. The van der Waals surface area contributed by atoms with Gasteiger partial charge in [0, 0.05) is 10.2 Å². The van der Waals surface area contributed by atoms with Crippen LogP contribution in [0.15, 0.2) is 28.7 Å². The lowest BCUT2D eigenvalue weighted by atomic mass is 10.2. The zero-order valence-electron chi connectivity index (χ0n) is 9.07. The van der Waals surface area contributed by atoms with Crippen LogP contribution >= 0.6 is 15.9 Å². The predicted octanol–water partition coefficient (Wildman–Crippen LogP) is 3.06. The molecule has 4 heteroatoms. The van der Waals surface area contributed by atoms with Crippen LogP contribution < -0.4 is 0 Å². The first-order valence-corrected chi connectivity index (χ1v) is 5.70. The van der Waals surface area contributed by atoms with E-state index in [1.165, 1.54) is 0 Å². The van der Waals surface area contributed by atoms with Gasteiger partial charge in [0.2, 0.25) is 0 Å². The highest BCUT2D eigenvalue weighted by atomic mass is 79.9. The molecular formula is C12H11BrN2O. The summed E-state index contributed by atoms with van der Waals surface area (Å²) < 4.78 is 2.76. The largest absolute Gasteiger partial charge is 0.296 e. The molecule has 2 aromatic rings. The highest BCUT2D eigenvalue weighted by molar-refractivity contribution is 9.10. The molecule has 0 aliphatic heterocycles. The summed E-state index contributed by atoms with van der Waals surface area (Å²) in [6.45, 7) is 3.95. The van der Waals surface area contributed by atoms with Crippen LogP contribution in [-0.2, 0) is 0 Å². The van der Waals surface area contributed by atoms with E-state index in [1.807, 2.05) is 32.0 Å². The molecule has 0 aliphatic rings. The van der Waals surface area contributed by atoms with E-state index in [4.69, 9.17) is 0 Å². The second kappa shape index (κ2) is 4.22. The summed E-state index contributed by atoms with van der Waals surface area (Å²) >= 11 is 3.53. The Balaban J connectivity index is 2.62. The van der Waals surface area contributed by atoms with Crippen LogP contribution in [0.25, 0.3) is 5.69 Å². The average molecular weight is 279 g/mol. The molecule has 1 aromatic carbocycles. The van der Waals surface area contributed by atoms with Gasteiger partial charge in [-0.25, -0.2) is 4.68 Å². The molecule has 0 aliphatic carbocycles. The molecule has 82 valence electrons. The maximum Gasteiger partial charge on any atom is 0.170 e. The van der Waals surface area contributed by atoms with Crippen LogP contribution in [0.3, 0.4) is 0 Å². The lowest BCUT2D eigenvalue weighted by molar-refractivity contribution is 0.111. The average Bonchev–Trinajstić information content (AvgIpc) is 2.64. The van der Waals surface area contributed by atoms with Crippen LogP contribution in [0.2, 0.25) is 0 Å². The Morgan fingerprint density at radius 3 is 2.75 bits per heavy atom. The molecule has 0 bridgehead atoms. The van der Waals surface area contributed by atoms with Gasteiger partial charge in [0.25, 0.3) is 0 Å². The zero-order chi connectivity index (χ0) is 11.7. The Morgan fingerprint density at radius 2 is 2.12 bits per heavy atom. The van der Waals surface area contributed by atoms with Crippen LogP contribution in [-0.4, -0.2) is 16.1 Å². The van der Waals surface area contributed by atoms with Crippen molar-refractivity contribution in [2.75, 3.05) is 0 Å². The number of hydrogen-bond acceptors (Lipinski definition) is 2. The number of aldehydes is 1. The molecule has 1 aromatic heterocycles. The van der Waals surface area contributed by atoms with E-state index in [2.05, 4.69) is 21.0 Å². The lowest BCUT2D eigenvalue weighted by Crippen LogP contribution is -2.01. The minimum atomic E-state index is 0.450. The fourth-order valence-corrected chi connectivity index (χ4v) is 2.03. The van der Waals surface area contributed by atoms with Crippen molar-refractivity contribution in [3.05, 3.63) is 45.7 Å². The van der Waals surface area contributed by atoms with Gasteiger partial charge >= 0.3 is 0 Å². The number of hydrogen-bond donors (Lipinski definition) is 0. The first-order valence-electron chi connectivity index (χ1n) is 4.91. The molecule has 0 amide bonds. The molecule has 16 heavy (non-hydrogen) atoms. The molecule has 0 unspecified atom stereocenters. The highest BCUT2D eigenvalue weighted by Gasteiger charge is 2.09. The molecule has 0 radical (unpaired) electrons. The summed E-state index contributed by atoms with van der Waals surface area (Å²) in [7, 11) is 0. The van der Waals surface area contributed by atoms with Crippen molar-refractivity contribution in [3.63, 3.8) is 0 Å². The second-order valence-electron chi connectivity index (χ2n) is 3.65. The SMILES string of the molecule is Cc1cccc(-n2nc(C=O)cc2C)c1Br. The smallest absolute Gasteiger partial charge is 0.170 e. The summed E-state index contributed by atoms with van der Waals surface area (Å²) in [6.07, 6.45) is 0.757. The molecule has 0 N–H and O–H groups in total. The van der Waals surface area contributed by atoms with Crippen molar-refractivity contribution in [2.24, 2.45) is 0 Å². The van der Waals surface area contributed by atoms with Gasteiger partial charge in [0.05, 0.1) is 5.69 Å². The van der Waals surface area contributed by atoms with Crippen molar-refractivity contribution in [2.45, 2.75) is 13.8 Å². The fraction of sp³-hybridized carbons (Fsp3) is 0.167. The first kappa shape index (κ1) is 11.1. The summed E-state index contributed by atoms with van der Waals surface area (Å²) in [6, 6.07) is 7.72. The summed E-state index contributed by atoms with van der Waals surface area (Å²) in [5.41, 5.74) is 3.48. The van der Waals surface area contributed by atoms with Crippen molar-refractivity contribution < 1.29 is 4.79 Å². The van der Waals surface area contributed by atoms with Gasteiger partial charge < -0.3 is 0 Å². The van der Waals surface area contributed by atoms with Crippen LogP contribution in [0, 0.1) is 13.8 Å². The standard InChI is InChI=1S/C12H11BrN2O/c1-8-4-3-5-11(12(8)13)15-9(2)6-10(7-16)14-15/h3-7H,1-2H3. The molecule has 0 atom stereocenters. The summed E-state index contributed by atoms with van der Waals surface area (Å²) in [5.74, 6) is 0. The Bertz CT molecular complexity index is 546. The van der Waals surface area contributed by atoms with Gasteiger partial charge in [0.15, 0.2) is 6.29 Å². The molecule has 0 saturated carbocycles. The number of carbonyl (C=O) groups excluding carboxylic acids is 1. The summed E-state index contributed by atoms with van der Waals surface area (Å²) in [4.78, 5) is 10.7. The highest BCUT2D eigenvalue weighted by Crippen LogP contribution is 2.25. The van der Waals surface area contributed by atoms with Crippen molar-refractivity contribution >= 4 is 22.2 Å². The third-order valence-electron chi connectivity index (χ3n) is 2.43. The van der Waals surface area contributed by atoms with E-state index < -0.39 is 0 Å². The number of aryl methyl sites for hydroxylation is 2. The molecule has 1 heterocycles. The first-order chi connectivity index (χ1) is 7.63. The molecule has 0 spiro atoms. The number of carbonyl (C=O) groups is 1. The maximum absolute atomic E-state index is 10.7. The number of rotatable bonds is 2. The fourth-order valence-electron chi connectivity index (χ4n) is 1.60. The Kier molecular flexibility index (Phi) is 2.92. The van der Waals surface area contributed by atoms with Crippen LogP contribution in [0.5, 0.6) is 0 Å². The van der Waals surface area contributed by atoms with Gasteiger partial charge in [-0.2, -0.15) is 5.10 Å². The van der Waals surface area contributed by atoms with Gasteiger partial charge in [-0.1, -0.05) is 12.1 Å². The number of nitrogens with zero attached hydrogens (tertiary/aromatic N) is 2. The zero-order valence-corrected chi connectivity index (χ0v) is 10.7. The molecule has 0 fully saturated rings. The predicted molar refractivity (Wildman–Crippen MR) is 66.1 cm³/mol. The van der Waals surface area contributed by atoms with E-state index in [1.54, 1.807) is 10.7 Å². The monoisotopic (exact) mass is 278 g/mol. The Labute approximate surface area is 102 Å². The third-order valence-corrected chi connectivity index (χ3v) is 3.46. The minimum absolute atomic E-state index is 0.450. The lowest BCUT2D eigenvalue weighted by Gasteiger charge is -2.08. The second-order valence-corrected chi connectivity index (χ2v) is 4.44. The molecule has 0 saturated heterocycles. The molecular weight excluding hydrogens is 268 g/mol. The van der Waals surface area contributed by atoms with Gasteiger partial charge in [-0.15, -0.1) is 0 Å². The van der Waals surface area contributed by atoms with E-state index in [9.17, 15) is 4.79 Å². The van der Waals surface area contributed by atoms with Crippen LogP contribution in [0.4, 0.5) is 0 Å². The molecule has 3 nitrogen and oxygen atoms in total. The van der Waals surface area contributed by atoms with Gasteiger partial charge in [-0.3, -0.25) is 4.79 Å². The maximum atomic E-state index is 10.7. The van der Waals surface area contributed by atoms with Crippen molar-refractivity contribution in [1.29, 1.82) is 0 Å². The van der Waals surface area contributed by atoms with Crippen molar-refractivity contribution in [3.8, 4) is 5.69 Å². The van der Waals surface area contributed by atoms with E-state index in [-0.39, 0.29) is 0 Å². The normalized spacial score (nSPS) is 10.4.